The molecule has 1 aliphatic rings. The zero-order valence-corrected chi connectivity index (χ0v) is 17.7. The molecule has 1 heterocycles. The van der Waals surface area contributed by atoms with E-state index in [0.29, 0.717) is 0 Å². The molecule has 0 amide bonds. The van der Waals surface area contributed by atoms with Crippen molar-refractivity contribution in [1.29, 1.82) is 0 Å². The van der Waals surface area contributed by atoms with Crippen LogP contribution in [0.2, 0.25) is 0 Å². The molecule has 3 nitrogen and oxygen atoms in total. The van der Waals surface area contributed by atoms with Crippen molar-refractivity contribution in [2.75, 3.05) is 13.1 Å². The molecule has 0 spiro atoms. The first-order valence-electron chi connectivity index (χ1n) is 11.5. The van der Waals surface area contributed by atoms with Crippen LogP contribution in [0, 0.1) is 0 Å². The predicted molar refractivity (Wildman–Crippen MR) is 117 cm³/mol. The van der Waals surface area contributed by atoms with Gasteiger partial charge in [-0.2, -0.15) is 0 Å². The third-order valence-corrected chi connectivity index (χ3v) is 5.40. The number of allylic oxidation sites excluding steroid dienone is 1. The monoisotopic (exact) mass is 363 g/mol. The summed E-state index contributed by atoms with van der Waals surface area (Å²) in [6.45, 7) is 6.22. The minimum Gasteiger partial charge on any atom is -0.343 e. The van der Waals surface area contributed by atoms with E-state index in [4.69, 9.17) is 5.73 Å². The fourth-order valence-corrected chi connectivity index (χ4v) is 3.71. The van der Waals surface area contributed by atoms with E-state index in [-0.39, 0.29) is 6.17 Å². The maximum atomic E-state index is 5.97. The lowest BCUT2D eigenvalue weighted by Crippen LogP contribution is -2.41. The second kappa shape index (κ2) is 16.4. The SMILES string of the molecule is CCCCCCCCCCCCCCC/C=C/CC1=NCCN1C(C)N. The highest BCUT2D eigenvalue weighted by Gasteiger charge is 2.17. The molecule has 26 heavy (non-hydrogen) atoms. The Kier molecular flexibility index (Phi) is 14.6. The van der Waals surface area contributed by atoms with Crippen molar-refractivity contribution < 1.29 is 0 Å². The molecule has 152 valence electrons. The molecular weight excluding hydrogens is 318 g/mol. The summed E-state index contributed by atoms with van der Waals surface area (Å²) in [5, 5.41) is 0. The number of hydrogen-bond donors (Lipinski definition) is 1. The molecule has 1 rings (SSSR count). The van der Waals surface area contributed by atoms with Crippen molar-refractivity contribution in [2.24, 2.45) is 10.7 Å². The van der Waals surface area contributed by atoms with Gasteiger partial charge in [-0.05, 0) is 19.8 Å². The Bertz CT molecular complexity index is 374. The van der Waals surface area contributed by atoms with Gasteiger partial charge in [0, 0.05) is 13.0 Å². The number of hydrogen-bond acceptors (Lipinski definition) is 3. The van der Waals surface area contributed by atoms with Gasteiger partial charge in [0.1, 0.15) is 5.84 Å². The Morgan fingerprint density at radius 3 is 1.96 bits per heavy atom. The number of nitrogens with zero attached hydrogens (tertiary/aromatic N) is 2. The first-order chi connectivity index (χ1) is 12.8. The third kappa shape index (κ3) is 11.7. The van der Waals surface area contributed by atoms with Gasteiger partial charge in [0.05, 0.1) is 12.7 Å². The summed E-state index contributed by atoms with van der Waals surface area (Å²) in [6, 6.07) is 0. The lowest BCUT2D eigenvalue weighted by Gasteiger charge is -2.23. The van der Waals surface area contributed by atoms with Crippen LogP contribution in [0.4, 0.5) is 0 Å². The molecule has 0 fully saturated rings. The standard InChI is InChI=1S/C23H45N3/c1-3-4-5-6-7-8-9-10-11-12-13-14-15-16-17-18-19-23-25-20-21-26(23)22(2)24/h17-18,22H,3-16,19-21,24H2,1-2H3/b18-17+. The largest absolute Gasteiger partial charge is 0.343 e. The third-order valence-electron chi connectivity index (χ3n) is 5.40. The van der Waals surface area contributed by atoms with E-state index in [2.05, 4.69) is 29.0 Å². The average molecular weight is 364 g/mol. The average Bonchev–Trinajstić information content (AvgIpc) is 3.10. The zero-order valence-electron chi connectivity index (χ0n) is 17.7. The number of rotatable bonds is 17. The van der Waals surface area contributed by atoms with Gasteiger partial charge in [-0.3, -0.25) is 4.99 Å². The van der Waals surface area contributed by atoms with Gasteiger partial charge < -0.3 is 10.6 Å². The van der Waals surface area contributed by atoms with E-state index in [1.807, 2.05) is 6.92 Å². The van der Waals surface area contributed by atoms with Crippen LogP contribution >= 0.6 is 0 Å². The molecule has 0 saturated heterocycles. The highest BCUT2D eigenvalue weighted by atomic mass is 15.3. The summed E-state index contributed by atoms with van der Waals surface area (Å²) in [6.07, 6.45) is 25.4. The van der Waals surface area contributed by atoms with E-state index >= 15 is 0 Å². The molecule has 1 unspecified atom stereocenters. The van der Waals surface area contributed by atoms with Gasteiger partial charge in [-0.15, -0.1) is 0 Å². The molecule has 0 saturated carbocycles. The van der Waals surface area contributed by atoms with Crippen molar-refractivity contribution in [1.82, 2.24) is 4.90 Å². The van der Waals surface area contributed by atoms with Crippen LogP contribution in [0.5, 0.6) is 0 Å². The minimum absolute atomic E-state index is 0.0886. The van der Waals surface area contributed by atoms with Crippen LogP contribution in [0.1, 0.15) is 110 Å². The lowest BCUT2D eigenvalue weighted by atomic mass is 10.0. The maximum absolute atomic E-state index is 5.97. The van der Waals surface area contributed by atoms with E-state index in [1.165, 1.54) is 95.7 Å². The van der Waals surface area contributed by atoms with Crippen LogP contribution < -0.4 is 5.73 Å². The van der Waals surface area contributed by atoms with Crippen LogP contribution in [-0.2, 0) is 0 Å². The highest BCUT2D eigenvalue weighted by molar-refractivity contribution is 5.85. The Hall–Kier alpha value is -0.830. The van der Waals surface area contributed by atoms with Crippen molar-refractivity contribution in [2.45, 2.75) is 116 Å². The molecule has 1 aliphatic heterocycles. The smallest absolute Gasteiger partial charge is 0.104 e. The fraction of sp³-hybridized carbons (Fsp3) is 0.870. The van der Waals surface area contributed by atoms with Gasteiger partial charge >= 0.3 is 0 Å². The van der Waals surface area contributed by atoms with Crippen LogP contribution in [0.15, 0.2) is 17.1 Å². The first-order valence-corrected chi connectivity index (χ1v) is 11.5. The molecule has 2 N–H and O–H groups in total. The van der Waals surface area contributed by atoms with Crippen molar-refractivity contribution in [3.8, 4) is 0 Å². The van der Waals surface area contributed by atoms with Crippen molar-refractivity contribution >= 4 is 5.84 Å². The zero-order chi connectivity index (χ0) is 18.9. The van der Waals surface area contributed by atoms with Crippen molar-refractivity contribution in [3.63, 3.8) is 0 Å². The van der Waals surface area contributed by atoms with E-state index in [0.717, 1.165) is 19.5 Å². The molecule has 0 aliphatic carbocycles. The second-order valence-corrected chi connectivity index (χ2v) is 7.94. The normalized spacial score (nSPS) is 15.8. The van der Waals surface area contributed by atoms with Crippen LogP contribution in [0.25, 0.3) is 0 Å². The molecule has 0 aromatic rings. The predicted octanol–water partition coefficient (Wildman–Crippen LogP) is 6.43. The van der Waals surface area contributed by atoms with Gasteiger partial charge in [0.15, 0.2) is 0 Å². The molecule has 1 atom stereocenters. The summed E-state index contributed by atoms with van der Waals surface area (Å²) in [5.74, 6) is 1.17. The van der Waals surface area contributed by atoms with E-state index in [1.54, 1.807) is 0 Å². The first kappa shape index (κ1) is 23.2. The molecule has 0 bridgehead atoms. The quantitative estimate of drug-likeness (QED) is 0.239. The number of aliphatic imine (C=N–C) groups is 1. The Balaban J connectivity index is 1.82. The van der Waals surface area contributed by atoms with E-state index < -0.39 is 0 Å². The Labute approximate surface area is 163 Å². The molecule has 0 aromatic carbocycles. The molecule has 3 heteroatoms. The summed E-state index contributed by atoms with van der Waals surface area (Å²) in [5.41, 5.74) is 5.97. The number of unbranched alkanes of at least 4 members (excludes halogenated alkanes) is 13. The number of amidine groups is 1. The van der Waals surface area contributed by atoms with Gasteiger partial charge in [0.2, 0.25) is 0 Å². The summed E-state index contributed by atoms with van der Waals surface area (Å²) >= 11 is 0. The van der Waals surface area contributed by atoms with E-state index in [9.17, 15) is 0 Å². The van der Waals surface area contributed by atoms with Crippen LogP contribution in [-0.4, -0.2) is 30.0 Å². The van der Waals surface area contributed by atoms with Crippen molar-refractivity contribution in [3.05, 3.63) is 12.2 Å². The maximum Gasteiger partial charge on any atom is 0.104 e. The highest BCUT2D eigenvalue weighted by Crippen LogP contribution is 2.13. The molecule has 0 aromatic heterocycles. The van der Waals surface area contributed by atoms with Gasteiger partial charge in [-0.1, -0.05) is 96.1 Å². The van der Waals surface area contributed by atoms with Crippen LogP contribution in [0.3, 0.4) is 0 Å². The summed E-state index contributed by atoms with van der Waals surface area (Å²) < 4.78 is 0. The lowest BCUT2D eigenvalue weighted by molar-refractivity contribution is 0.362. The Morgan fingerprint density at radius 2 is 1.42 bits per heavy atom. The molecule has 0 radical (unpaired) electrons. The second-order valence-electron chi connectivity index (χ2n) is 7.94. The summed E-state index contributed by atoms with van der Waals surface area (Å²) in [4.78, 5) is 6.77. The Morgan fingerprint density at radius 1 is 0.885 bits per heavy atom. The fourth-order valence-electron chi connectivity index (χ4n) is 3.71. The number of nitrogens with two attached hydrogens (primary N) is 1. The minimum atomic E-state index is 0.0886. The molecular formula is C23H45N3. The van der Waals surface area contributed by atoms with Gasteiger partial charge in [0.25, 0.3) is 0 Å². The van der Waals surface area contributed by atoms with Gasteiger partial charge in [-0.25, -0.2) is 0 Å². The summed E-state index contributed by atoms with van der Waals surface area (Å²) in [7, 11) is 0. The topological polar surface area (TPSA) is 41.6 Å².